The van der Waals surface area contributed by atoms with Crippen molar-refractivity contribution < 1.29 is 0 Å². The van der Waals surface area contributed by atoms with Gasteiger partial charge < -0.3 is 15.7 Å². The van der Waals surface area contributed by atoms with E-state index in [1.54, 1.807) is 0 Å². The molecule has 0 unspecified atom stereocenters. The van der Waals surface area contributed by atoms with Crippen LogP contribution in [0.5, 0.6) is 0 Å². The smallest absolute Gasteiger partial charge is 0.0819 e. The van der Waals surface area contributed by atoms with Crippen LogP contribution in [0.3, 0.4) is 0 Å². The third kappa shape index (κ3) is 2.34. The molecule has 0 saturated carbocycles. The number of nitrogens with two attached hydrogens (primary N) is 1. The lowest BCUT2D eigenvalue weighted by atomic mass is 10.0. The summed E-state index contributed by atoms with van der Waals surface area (Å²) in [6, 6.07) is 18.4. The monoisotopic (exact) mass is 321 g/mol. The fourth-order valence-corrected chi connectivity index (χ4v) is 3.29. The van der Waals surface area contributed by atoms with Crippen LogP contribution in [0, 0.1) is 0 Å². The van der Waals surface area contributed by atoms with Crippen LogP contribution in [0.25, 0.3) is 33.4 Å². The molecule has 0 atom stereocenters. The highest BCUT2D eigenvalue weighted by atomic mass is 35.5. The molecule has 4 aromatic rings. The van der Waals surface area contributed by atoms with Crippen molar-refractivity contribution in [1.29, 1.82) is 0 Å². The second-order valence-electron chi connectivity index (χ2n) is 5.53. The van der Waals surface area contributed by atoms with E-state index in [1.165, 1.54) is 0 Å². The van der Waals surface area contributed by atoms with Crippen molar-refractivity contribution in [2.24, 2.45) is 5.73 Å². The standard InChI is InChI=1S/C19H16ClN3/c20-18-17-14(13-8-6-12(11-21)7-9-13)3-1-4-15(17)23-19(18)16-5-2-10-22-16/h1-10,22-23H,11,21H2. The highest BCUT2D eigenvalue weighted by Crippen LogP contribution is 2.39. The first-order valence-electron chi connectivity index (χ1n) is 7.51. The lowest BCUT2D eigenvalue weighted by Crippen LogP contribution is -1.95. The molecule has 0 aliphatic heterocycles. The van der Waals surface area contributed by atoms with Crippen molar-refractivity contribution in [3.63, 3.8) is 0 Å². The van der Waals surface area contributed by atoms with Crippen LogP contribution in [0.2, 0.25) is 5.02 Å². The second-order valence-corrected chi connectivity index (χ2v) is 5.90. The van der Waals surface area contributed by atoms with Crippen LogP contribution < -0.4 is 5.73 Å². The Labute approximate surface area is 139 Å². The van der Waals surface area contributed by atoms with Gasteiger partial charge in [-0.05, 0) is 34.9 Å². The fraction of sp³-hybridized carbons (Fsp3) is 0.0526. The van der Waals surface area contributed by atoms with Crippen LogP contribution in [0.4, 0.5) is 0 Å². The van der Waals surface area contributed by atoms with Gasteiger partial charge >= 0.3 is 0 Å². The molecule has 0 aliphatic rings. The summed E-state index contributed by atoms with van der Waals surface area (Å²) in [5.41, 5.74) is 12.0. The van der Waals surface area contributed by atoms with Crippen molar-refractivity contribution in [3.05, 3.63) is 71.4 Å². The molecule has 114 valence electrons. The molecule has 3 nitrogen and oxygen atoms in total. The predicted molar refractivity (Wildman–Crippen MR) is 96.4 cm³/mol. The van der Waals surface area contributed by atoms with E-state index in [0.717, 1.165) is 44.0 Å². The lowest BCUT2D eigenvalue weighted by molar-refractivity contribution is 1.07. The molecular weight excluding hydrogens is 306 g/mol. The average Bonchev–Trinajstić information content (AvgIpc) is 3.23. The molecular formula is C19H16ClN3. The van der Waals surface area contributed by atoms with Crippen molar-refractivity contribution in [2.75, 3.05) is 0 Å². The molecule has 4 rings (SSSR count). The minimum atomic E-state index is 0.548. The van der Waals surface area contributed by atoms with Gasteiger partial charge in [-0.3, -0.25) is 0 Å². The van der Waals surface area contributed by atoms with Crippen molar-refractivity contribution in [2.45, 2.75) is 6.54 Å². The normalized spacial score (nSPS) is 11.2. The van der Waals surface area contributed by atoms with Gasteiger partial charge in [0, 0.05) is 23.6 Å². The van der Waals surface area contributed by atoms with Crippen LogP contribution in [-0.4, -0.2) is 9.97 Å². The molecule has 23 heavy (non-hydrogen) atoms. The molecule has 0 saturated heterocycles. The molecule has 2 aromatic carbocycles. The summed E-state index contributed by atoms with van der Waals surface area (Å²) in [6.07, 6.45) is 1.89. The third-order valence-corrected chi connectivity index (χ3v) is 4.51. The molecule has 0 spiro atoms. The Morgan fingerprint density at radius 3 is 2.48 bits per heavy atom. The van der Waals surface area contributed by atoms with Crippen molar-refractivity contribution >= 4 is 22.5 Å². The number of H-pyrrole nitrogens is 2. The van der Waals surface area contributed by atoms with E-state index in [1.807, 2.05) is 30.5 Å². The van der Waals surface area contributed by atoms with Crippen LogP contribution >= 0.6 is 11.6 Å². The summed E-state index contributed by atoms with van der Waals surface area (Å²) < 4.78 is 0. The number of aromatic amines is 2. The Hall–Kier alpha value is -2.49. The Balaban J connectivity index is 1.93. The number of rotatable bonds is 3. The molecule has 4 N–H and O–H groups in total. The maximum Gasteiger partial charge on any atom is 0.0819 e. The van der Waals surface area contributed by atoms with Gasteiger partial charge in [0.1, 0.15) is 0 Å². The van der Waals surface area contributed by atoms with Crippen LogP contribution in [0.15, 0.2) is 60.8 Å². The summed E-state index contributed by atoms with van der Waals surface area (Å²) in [4.78, 5) is 6.62. The minimum absolute atomic E-state index is 0.548. The third-order valence-electron chi connectivity index (χ3n) is 4.13. The van der Waals surface area contributed by atoms with Gasteiger partial charge in [0.2, 0.25) is 0 Å². The SMILES string of the molecule is NCc1ccc(-c2cccc3[nH]c(-c4ccc[nH]4)c(Cl)c23)cc1. The highest BCUT2D eigenvalue weighted by Gasteiger charge is 2.15. The van der Waals surface area contributed by atoms with Gasteiger partial charge in [0.05, 0.1) is 16.4 Å². The number of hydrogen-bond donors (Lipinski definition) is 3. The zero-order chi connectivity index (χ0) is 15.8. The highest BCUT2D eigenvalue weighted by molar-refractivity contribution is 6.39. The zero-order valence-corrected chi connectivity index (χ0v) is 13.2. The number of hydrogen-bond acceptors (Lipinski definition) is 1. The first kappa shape index (κ1) is 14.1. The lowest BCUT2D eigenvalue weighted by Gasteiger charge is -2.05. The second kappa shape index (κ2) is 5.61. The van der Waals surface area contributed by atoms with E-state index in [-0.39, 0.29) is 0 Å². The molecule has 0 aliphatic carbocycles. The fourth-order valence-electron chi connectivity index (χ4n) is 2.94. The van der Waals surface area contributed by atoms with E-state index in [0.29, 0.717) is 6.54 Å². The van der Waals surface area contributed by atoms with E-state index in [2.05, 4.69) is 40.3 Å². The summed E-state index contributed by atoms with van der Waals surface area (Å²) in [7, 11) is 0. The maximum absolute atomic E-state index is 6.69. The Bertz CT molecular complexity index is 950. The summed E-state index contributed by atoms with van der Waals surface area (Å²) in [5, 5.41) is 1.78. The molecule has 0 amide bonds. The molecule has 2 heterocycles. The van der Waals surface area contributed by atoms with Crippen molar-refractivity contribution in [3.8, 4) is 22.5 Å². The molecule has 4 heteroatoms. The van der Waals surface area contributed by atoms with Gasteiger partial charge in [0.15, 0.2) is 0 Å². The minimum Gasteiger partial charge on any atom is -0.360 e. The first-order chi connectivity index (χ1) is 11.3. The molecule has 0 bridgehead atoms. The van der Waals surface area contributed by atoms with Gasteiger partial charge in [-0.2, -0.15) is 0 Å². The van der Waals surface area contributed by atoms with Gasteiger partial charge in [-0.1, -0.05) is 48.0 Å². The van der Waals surface area contributed by atoms with E-state index in [9.17, 15) is 0 Å². The molecule has 2 aromatic heterocycles. The number of aromatic nitrogens is 2. The largest absolute Gasteiger partial charge is 0.360 e. The Morgan fingerprint density at radius 1 is 0.957 bits per heavy atom. The summed E-state index contributed by atoms with van der Waals surface area (Å²) in [5.74, 6) is 0. The first-order valence-corrected chi connectivity index (χ1v) is 7.89. The van der Waals surface area contributed by atoms with E-state index < -0.39 is 0 Å². The number of halogens is 1. The summed E-state index contributed by atoms with van der Waals surface area (Å²) >= 11 is 6.69. The Kier molecular flexibility index (Phi) is 3.45. The van der Waals surface area contributed by atoms with Crippen molar-refractivity contribution in [1.82, 2.24) is 9.97 Å². The molecule has 0 fully saturated rings. The van der Waals surface area contributed by atoms with Crippen LogP contribution in [-0.2, 0) is 6.54 Å². The average molecular weight is 322 g/mol. The van der Waals surface area contributed by atoms with Crippen LogP contribution in [0.1, 0.15) is 5.56 Å². The van der Waals surface area contributed by atoms with Gasteiger partial charge in [-0.25, -0.2) is 0 Å². The van der Waals surface area contributed by atoms with Gasteiger partial charge in [0.25, 0.3) is 0 Å². The topological polar surface area (TPSA) is 57.6 Å². The predicted octanol–water partition coefficient (Wildman–Crippen LogP) is 4.94. The van der Waals surface area contributed by atoms with E-state index >= 15 is 0 Å². The number of nitrogens with one attached hydrogen (secondary N) is 2. The maximum atomic E-state index is 6.69. The quantitative estimate of drug-likeness (QED) is 0.491. The Morgan fingerprint density at radius 2 is 1.78 bits per heavy atom. The van der Waals surface area contributed by atoms with Gasteiger partial charge in [-0.15, -0.1) is 0 Å². The summed E-state index contributed by atoms with van der Waals surface area (Å²) in [6.45, 7) is 0.548. The number of benzene rings is 2. The number of fused-ring (bicyclic) bond motifs is 1. The molecule has 0 radical (unpaired) electrons. The van der Waals surface area contributed by atoms with E-state index in [4.69, 9.17) is 17.3 Å². The zero-order valence-electron chi connectivity index (χ0n) is 12.4.